The third-order valence-electron chi connectivity index (χ3n) is 2.62. The SMILES string of the molecule is CCCC(Sc1ccc(N)c(C)c1)C(=O)OCC. The average Bonchev–Trinajstić information content (AvgIpc) is 2.33. The fraction of sp³-hybridized carbons (Fsp3) is 0.500. The molecule has 0 saturated heterocycles. The van der Waals surface area contributed by atoms with Crippen LogP contribution in [0.2, 0.25) is 0 Å². The van der Waals surface area contributed by atoms with Crippen molar-refractivity contribution >= 4 is 23.4 Å². The van der Waals surface area contributed by atoms with Gasteiger partial charge in [-0.2, -0.15) is 0 Å². The van der Waals surface area contributed by atoms with Crippen LogP contribution < -0.4 is 5.73 Å². The van der Waals surface area contributed by atoms with Crippen LogP contribution in [0, 0.1) is 6.92 Å². The van der Waals surface area contributed by atoms with E-state index in [4.69, 9.17) is 10.5 Å². The van der Waals surface area contributed by atoms with Crippen molar-refractivity contribution in [3.63, 3.8) is 0 Å². The van der Waals surface area contributed by atoms with Crippen LogP contribution in [0.3, 0.4) is 0 Å². The second-order valence-corrected chi connectivity index (χ2v) is 5.44. The molecule has 1 unspecified atom stereocenters. The zero-order chi connectivity index (χ0) is 13.5. The molecule has 0 aliphatic carbocycles. The average molecular weight is 267 g/mol. The number of esters is 1. The van der Waals surface area contributed by atoms with Crippen molar-refractivity contribution in [1.82, 2.24) is 0 Å². The molecule has 0 bridgehead atoms. The summed E-state index contributed by atoms with van der Waals surface area (Å²) in [6, 6.07) is 5.85. The highest BCUT2D eigenvalue weighted by Gasteiger charge is 2.20. The van der Waals surface area contributed by atoms with Crippen LogP contribution in [-0.4, -0.2) is 17.8 Å². The maximum Gasteiger partial charge on any atom is 0.319 e. The molecule has 100 valence electrons. The van der Waals surface area contributed by atoms with Gasteiger partial charge in [0.25, 0.3) is 0 Å². The molecule has 1 rings (SSSR count). The number of carbonyl (C=O) groups is 1. The highest BCUT2D eigenvalue weighted by atomic mass is 32.2. The molecule has 0 saturated carbocycles. The fourth-order valence-electron chi connectivity index (χ4n) is 1.61. The Bertz CT molecular complexity index is 407. The zero-order valence-electron chi connectivity index (χ0n) is 11.2. The number of ether oxygens (including phenoxy) is 1. The summed E-state index contributed by atoms with van der Waals surface area (Å²) in [6.07, 6.45) is 1.79. The lowest BCUT2D eigenvalue weighted by Crippen LogP contribution is -2.20. The molecule has 4 heteroatoms. The zero-order valence-corrected chi connectivity index (χ0v) is 12.0. The lowest BCUT2D eigenvalue weighted by Gasteiger charge is -2.15. The minimum absolute atomic E-state index is 0.126. The summed E-state index contributed by atoms with van der Waals surface area (Å²) in [5.74, 6) is -0.126. The van der Waals surface area contributed by atoms with E-state index < -0.39 is 0 Å². The van der Waals surface area contributed by atoms with Crippen LogP contribution in [-0.2, 0) is 9.53 Å². The Kier molecular flexibility index (Phi) is 6.05. The predicted octanol–water partition coefficient (Wildman–Crippen LogP) is 3.40. The Morgan fingerprint density at radius 2 is 2.17 bits per heavy atom. The maximum atomic E-state index is 11.8. The van der Waals surface area contributed by atoms with Gasteiger partial charge in [-0.15, -0.1) is 11.8 Å². The second-order valence-electron chi connectivity index (χ2n) is 4.17. The van der Waals surface area contributed by atoms with E-state index >= 15 is 0 Å². The quantitative estimate of drug-likeness (QED) is 0.487. The van der Waals surface area contributed by atoms with Gasteiger partial charge >= 0.3 is 5.97 Å². The van der Waals surface area contributed by atoms with Gasteiger partial charge in [0.05, 0.1) is 6.61 Å². The van der Waals surface area contributed by atoms with Gasteiger partial charge in [-0.3, -0.25) is 4.79 Å². The molecule has 18 heavy (non-hydrogen) atoms. The predicted molar refractivity (Wildman–Crippen MR) is 76.8 cm³/mol. The van der Waals surface area contributed by atoms with E-state index in [2.05, 4.69) is 6.92 Å². The summed E-state index contributed by atoms with van der Waals surface area (Å²) >= 11 is 1.55. The minimum atomic E-state index is -0.127. The van der Waals surface area contributed by atoms with Crippen molar-refractivity contribution in [1.29, 1.82) is 0 Å². The number of carbonyl (C=O) groups excluding carboxylic acids is 1. The highest BCUT2D eigenvalue weighted by Crippen LogP contribution is 2.29. The normalized spacial score (nSPS) is 12.2. The molecular weight excluding hydrogens is 246 g/mol. The van der Waals surface area contributed by atoms with Crippen molar-refractivity contribution < 1.29 is 9.53 Å². The smallest absolute Gasteiger partial charge is 0.319 e. The van der Waals surface area contributed by atoms with Crippen LogP contribution in [0.5, 0.6) is 0 Å². The van der Waals surface area contributed by atoms with E-state index in [9.17, 15) is 4.79 Å². The van der Waals surface area contributed by atoms with Crippen LogP contribution in [0.15, 0.2) is 23.1 Å². The monoisotopic (exact) mass is 267 g/mol. The summed E-state index contributed by atoms with van der Waals surface area (Å²) in [7, 11) is 0. The first-order valence-corrected chi connectivity index (χ1v) is 7.15. The molecule has 0 aliphatic rings. The van der Waals surface area contributed by atoms with Crippen molar-refractivity contribution in [2.75, 3.05) is 12.3 Å². The van der Waals surface area contributed by atoms with E-state index in [0.29, 0.717) is 6.61 Å². The lowest BCUT2D eigenvalue weighted by atomic mass is 10.2. The van der Waals surface area contributed by atoms with Gasteiger partial charge in [0.15, 0.2) is 0 Å². The van der Waals surface area contributed by atoms with Gasteiger partial charge in [-0.1, -0.05) is 13.3 Å². The Labute approximate surface area is 113 Å². The van der Waals surface area contributed by atoms with Crippen molar-refractivity contribution in [2.24, 2.45) is 0 Å². The number of anilines is 1. The molecule has 0 radical (unpaired) electrons. The Balaban J connectivity index is 2.76. The maximum absolute atomic E-state index is 11.8. The Hall–Kier alpha value is -1.16. The Morgan fingerprint density at radius 1 is 1.44 bits per heavy atom. The van der Waals surface area contributed by atoms with Gasteiger partial charge in [-0.25, -0.2) is 0 Å². The number of hydrogen-bond donors (Lipinski definition) is 1. The van der Waals surface area contributed by atoms with Crippen molar-refractivity contribution in [2.45, 2.75) is 43.8 Å². The molecule has 0 heterocycles. The lowest BCUT2D eigenvalue weighted by molar-refractivity contribution is -0.142. The summed E-state index contributed by atoms with van der Waals surface area (Å²) in [5.41, 5.74) is 7.61. The first-order chi connectivity index (χ1) is 8.58. The van der Waals surface area contributed by atoms with Crippen LogP contribution in [0.4, 0.5) is 5.69 Å². The highest BCUT2D eigenvalue weighted by molar-refractivity contribution is 8.00. The van der Waals surface area contributed by atoms with Gasteiger partial charge in [0, 0.05) is 10.6 Å². The Morgan fingerprint density at radius 3 is 2.72 bits per heavy atom. The van der Waals surface area contributed by atoms with Gasteiger partial charge in [0.1, 0.15) is 5.25 Å². The third-order valence-corrected chi connectivity index (χ3v) is 3.86. The molecule has 1 aromatic rings. The molecule has 0 fully saturated rings. The minimum Gasteiger partial charge on any atom is -0.465 e. The number of rotatable bonds is 6. The van der Waals surface area contributed by atoms with Crippen molar-refractivity contribution in [3.8, 4) is 0 Å². The molecule has 1 atom stereocenters. The largest absolute Gasteiger partial charge is 0.465 e. The first-order valence-electron chi connectivity index (χ1n) is 6.27. The van der Waals surface area contributed by atoms with Crippen LogP contribution in [0.25, 0.3) is 0 Å². The van der Waals surface area contributed by atoms with Gasteiger partial charge < -0.3 is 10.5 Å². The number of thioether (sulfide) groups is 1. The van der Waals surface area contributed by atoms with E-state index in [-0.39, 0.29) is 11.2 Å². The number of hydrogen-bond acceptors (Lipinski definition) is 4. The topological polar surface area (TPSA) is 52.3 Å². The number of nitrogen functional groups attached to an aromatic ring is 1. The number of aryl methyl sites for hydroxylation is 1. The van der Waals surface area contributed by atoms with Crippen LogP contribution >= 0.6 is 11.8 Å². The fourth-order valence-corrected chi connectivity index (χ4v) is 2.85. The summed E-state index contributed by atoms with van der Waals surface area (Å²) in [6.45, 7) is 6.30. The summed E-state index contributed by atoms with van der Waals surface area (Å²) in [5, 5.41) is -0.127. The molecule has 0 amide bonds. The van der Waals surface area contributed by atoms with Crippen LogP contribution in [0.1, 0.15) is 32.3 Å². The van der Waals surface area contributed by atoms with Gasteiger partial charge in [0.2, 0.25) is 0 Å². The summed E-state index contributed by atoms with van der Waals surface area (Å²) in [4.78, 5) is 12.9. The molecule has 0 spiro atoms. The molecule has 3 nitrogen and oxygen atoms in total. The first kappa shape index (κ1) is 14.9. The second kappa shape index (κ2) is 7.31. The molecule has 0 aromatic heterocycles. The number of nitrogens with two attached hydrogens (primary N) is 1. The standard InChI is InChI=1S/C14H21NO2S/c1-4-6-13(14(16)17-5-2)18-11-7-8-12(15)10(3)9-11/h7-9,13H,4-6,15H2,1-3H3. The van der Waals surface area contributed by atoms with Gasteiger partial charge in [-0.05, 0) is 44.0 Å². The molecule has 0 aliphatic heterocycles. The number of benzene rings is 1. The van der Waals surface area contributed by atoms with E-state index in [1.165, 1.54) is 0 Å². The molecular formula is C14H21NO2S. The van der Waals surface area contributed by atoms with E-state index in [1.54, 1.807) is 11.8 Å². The third kappa shape index (κ3) is 4.26. The summed E-state index contributed by atoms with van der Waals surface area (Å²) < 4.78 is 5.10. The van der Waals surface area contributed by atoms with Crippen molar-refractivity contribution in [3.05, 3.63) is 23.8 Å². The molecule has 1 aromatic carbocycles. The molecule has 2 N–H and O–H groups in total. The van der Waals surface area contributed by atoms with E-state index in [1.807, 2.05) is 32.0 Å². The van der Waals surface area contributed by atoms with E-state index in [0.717, 1.165) is 29.0 Å².